The summed E-state index contributed by atoms with van der Waals surface area (Å²) in [5.41, 5.74) is -0.757. The zero-order valence-corrected chi connectivity index (χ0v) is 11.9. The molecule has 0 spiro atoms. The minimum atomic E-state index is -0.757. The first-order valence-corrected chi connectivity index (χ1v) is 7.45. The summed E-state index contributed by atoms with van der Waals surface area (Å²) in [6, 6.07) is 2.72. The van der Waals surface area contributed by atoms with Gasteiger partial charge in [0.2, 0.25) is 5.91 Å². The Balaban J connectivity index is 2.10. The number of hydrogen-bond acceptors (Lipinski definition) is 3. The molecule has 0 heterocycles. The topological polar surface area (TPSA) is 53.3 Å². The lowest BCUT2D eigenvalue weighted by molar-refractivity contribution is -0.141. The maximum Gasteiger partial charge on any atom is 0.243 e. The largest absolute Gasteiger partial charge is 0.383 e. The highest BCUT2D eigenvalue weighted by atomic mass is 16.5. The molecule has 4 heteroatoms. The van der Waals surface area contributed by atoms with Crippen molar-refractivity contribution in [1.82, 2.24) is 4.90 Å². The number of nitriles is 1. The van der Waals surface area contributed by atoms with Gasteiger partial charge in [0.25, 0.3) is 0 Å². The molecule has 2 fully saturated rings. The molecule has 0 bridgehead atoms. The van der Waals surface area contributed by atoms with Gasteiger partial charge in [-0.1, -0.05) is 25.7 Å². The second-order valence-electron chi connectivity index (χ2n) is 5.83. The van der Waals surface area contributed by atoms with Crippen LogP contribution in [0.15, 0.2) is 0 Å². The second-order valence-corrected chi connectivity index (χ2v) is 5.83. The molecule has 0 unspecified atom stereocenters. The van der Waals surface area contributed by atoms with Gasteiger partial charge in [0.1, 0.15) is 5.41 Å². The molecule has 2 rings (SSSR count). The van der Waals surface area contributed by atoms with E-state index in [9.17, 15) is 10.1 Å². The van der Waals surface area contributed by atoms with Gasteiger partial charge in [-0.25, -0.2) is 0 Å². The van der Waals surface area contributed by atoms with Gasteiger partial charge in [-0.05, 0) is 25.7 Å². The van der Waals surface area contributed by atoms with Gasteiger partial charge in [-0.15, -0.1) is 0 Å². The molecule has 2 aliphatic rings. The molecule has 19 heavy (non-hydrogen) atoms. The van der Waals surface area contributed by atoms with E-state index in [2.05, 4.69) is 6.07 Å². The Labute approximate surface area is 115 Å². The van der Waals surface area contributed by atoms with Gasteiger partial charge in [0.05, 0.1) is 12.7 Å². The molecule has 1 amide bonds. The van der Waals surface area contributed by atoms with Crippen molar-refractivity contribution in [3.63, 3.8) is 0 Å². The fourth-order valence-electron chi connectivity index (χ4n) is 3.01. The molecule has 0 saturated heterocycles. The zero-order chi connectivity index (χ0) is 13.7. The van der Waals surface area contributed by atoms with Crippen LogP contribution in [0.1, 0.15) is 51.4 Å². The number of methoxy groups -OCH3 is 1. The number of ether oxygens (including phenoxy) is 1. The van der Waals surface area contributed by atoms with Crippen LogP contribution in [0.4, 0.5) is 0 Å². The number of nitrogens with zero attached hydrogens (tertiary/aromatic N) is 2. The highest BCUT2D eigenvalue weighted by molar-refractivity contribution is 5.86. The van der Waals surface area contributed by atoms with E-state index in [0.29, 0.717) is 19.2 Å². The third-order valence-electron chi connectivity index (χ3n) is 4.37. The Kier molecular flexibility index (Phi) is 4.81. The van der Waals surface area contributed by atoms with Crippen LogP contribution in [-0.2, 0) is 9.53 Å². The van der Waals surface area contributed by atoms with Crippen LogP contribution in [0.5, 0.6) is 0 Å². The van der Waals surface area contributed by atoms with Crippen molar-refractivity contribution >= 4 is 5.91 Å². The summed E-state index contributed by atoms with van der Waals surface area (Å²) >= 11 is 0. The molecule has 0 radical (unpaired) electrons. The zero-order valence-electron chi connectivity index (χ0n) is 11.9. The Bertz CT molecular complexity index is 350. The summed E-state index contributed by atoms with van der Waals surface area (Å²) in [5.74, 6) is 0.0662. The third kappa shape index (κ3) is 3.27. The van der Waals surface area contributed by atoms with Crippen LogP contribution >= 0.6 is 0 Å². The summed E-state index contributed by atoms with van der Waals surface area (Å²) < 4.78 is 5.10. The lowest BCUT2D eigenvalue weighted by Crippen LogP contribution is -2.45. The molecule has 0 aromatic rings. The standard InChI is InChI=1S/C15H24N2O2/c1-19-11-10-17(13-6-7-13)14(18)15(12-16)8-4-2-3-5-9-15/h13H,2-11H2,1H3. The van der Waals surface area contributed by atoms with Gasteiger partial charge in [-0.2, -0.15) is 5.26 Å². The van der Waals surface area contributed by atoms with Gasteiger partial charge < -0.3 is 9.64 Å². The van der Waals surface area contributed by atoms with E-state index in [1.54, 1.807) is 7.11 Å². The molecule has 2 saturated carbocycles. The van der Waals surface area contributed by atoms with Crippen LogP contribution in [0.3, 0.4) is 0 Å². The molecule has 0 aromatic heterocycles. The fourth-order valence-corrected chi connectivity index (χ4v) is 3.01. The molecule has 4 nitrogen and oxygen atoms in total. The highest BCUT2D eigenvalue weighted by Crippen LogP contribution is 2.39. The van der Waals surface area contributed by atoms with E-state index in [-0.39, 0.29) is 5.91 Å². The SMILES string of the molecule is COCCN(C(=O)C1(C#N)CCCCCC1)C1CC1. The lowest BCUT2D eigenvalue weighted by Gasteiger charge is -2.32. The quantitative estimate of drug-likeness (QED) is 0.717. The first kappa shape index (κ1) is 14.3. The number of amides is 1. The van der Waals surface area contributed by atoms with Crippen LogP contribution < -0.4 is 0 Å². The van der Waals surface area contributed by atoms with Crippen molar-refractivity contribution in [2.75, 3.05) is 20.3 Å². The fraction of sp³-hybridized carbons (Fsp3) is 0.867. The molecule has 0 N–H and O–H groups in total. The summed E-state index contributed by atoms with van der Waals surface area (Å²) in [5, 5.41) is 9.58. The van der Waals surface area contributed by atoms with Gasteiger partial charge in [0, 0.05) is 19.7 Å². The Morgan fingerprint density at radius 3 is 2.42 bits per heavy atom. The van der Waals surface area contributed by atoms with Crippen LogP contribution in [0, 0.1) is 16.7 Å². The van der Waals surface area contributed by atoms with E-state index >= 15 is 0 Å². The average molecular weight is 264 g/mol. The van der Waals surface area contributed by atoms with Crippen molar-refractivity contribution in [3.8, 4) is 6.07 Å². The minimum absolute atomic E-state index is 0.0662. The molecule has 2 aliphatic carbocycles. The minimum Gasteiger partial charge on any atom is -0.383 e. The van der Waals surface area contributed by atoms with Crippen molar-refractivity contribution in [2.45, 2.75) is 57.4 Å². The molecule has 0 aliphatic heterocycles. The van der Waals surface area contributed by atoms with E-state index < -0.39 is 5.41 Å². The molecule has 0 atom stereocenters. The number of hydrogen-bond donors (Lipinski definition) is 0. The van der Waals surface area contributed by atoms with Crippen LogP contribution in [0.25, 0.3) is 0 Å². The van der Waals surface area contributed by atoms with E-state index in [0.717, 1.165) is 51.4 Å². The molecular weight excluding hydrogens is 240 g/mol. The summed E-state index contributed by atoms with van der Waals surface area (Å²) in [4.78, 5) is 14.8. The van der Waals surface area contributed by atoms with Gasteiger partial charge in [-0.3, -0.25) is 4.79 Å². The number of rotatable bonds is 5. The number of carbonyl (C=O) groups is 1. The monoisotopic (exact) mass is 264 g/mol. The predicted molar refractivity (Wildman–Crippen MR) is 72.4 cm³/mol. The Hall–Kier alpha value is -1.08. The van der Waals surface area contributed by atoms with Crippen molar-refractivity contribution in [3.05, 3.63) is 0 Å². The Morgan fingerprint density at radius 2 is 1.95 bits per heavy atom. The summed E-state index contributed by atoms with van der Waals surface area (Å²) in [6.45, 7) is 1.19. The smallest absolute Gasteiger partial charge is 0.243 e. The summed E-state index contributed by atoms with van der Waals surface area (Å²) in [6.07, 6.45) is 7.94. The van der Waals surface area contributed by atoms with E-state index in [1.165, 1.54) is 0 Å². The van der Waals surface area contributed by atoms with Crippen molar-refractivity contribution < 1.29 is 9.53 Å². The first-order chi connectivity index (χ1) is 9.23. The third-order valence-corrected chi connectivity index (χ3v) is 4.37. The molecule has 0 aromatic carbocycles. The second kappa shape index (κ2) is 6.38. The maximum atomic E-state index is 12.8. The van der Waals surface area contributed by atoms with Gasteiger partial charge in [0.15, 0.2) is 0 Å². The molecule has 106 valence electrons. The molecular formula is C15H24N2O2. The average Bonchev–Trinajstić information content (AvgIpc) is 3.26. The lowest BCUT2D eigenvalue weighted by atomic mass is 9.80. The van der Waals surface area contributed by atoms with Gasteiger partial charge >= 0.3 is 0 Å². The normalized spacial score (nSPS) is 22.3. The summed E-state index contributed by atoms with van der Waals surface area (Å²) in [7, 11) is 1.65. The van der Waals surface area contributed by atoms with Crippen LogP contribution in [0.2, 0.25) is 0 Å². The van der Waals surface area contributed by atoms with E-state index in [1.807, 2.05) is 4.90 Å². The van der Waals surface area contributed by atoms with Crippen LogP contribution in [-0.4, -0.2) is 37.1 Å². The Morgan fingerprint density at radius 1 is 1.32 bits per heavy atom. The maximum absolute atomic E-state index is 12.8. The highest BCUT2D eigenvalue weighted by Gasteiger charge is 2.45. The van der Waals surface area contributed by atoms with Crippen molar-refractivity contribution in [2.24, 2.45) is 5.41 Å². The predicted octanol–water partition coefficient (Wildman–Crippen LogP) is 2.49. The number of carbonyl (C=O) groups excluding carboxylic acids is 1. The first-order valence-electron chi connectivity index (χ1n) is 7.45. The van der Waals surface area contributed by atoms with Crippen molar-refractivity contribution in [1.29, 1.82) is 5.26 Å². The van der Waals surface area contributed by atoms with E-state index in [4.69, 9.17) is 4.74 Å².